The van der Waals surface area contributed by atoms with Gasteiger partial charge in [-0.25, -0.2) is 8.89 Å². The molecule has 1 unspecified atom stereocenters. The Balaban J connectivity index is 1.75. The number of nitrogens with one attached hydrogen (secondary N) is 1. The van der Waals surface area contributed by atoms with Crippen molar-refractivity contribution in [3.63, 3.8) is 0 Å². The van der Waals surface area contributed by atoms with E-state index >= 15 is 0 Å². The molecule has 1 heterocycles. The molecular formula is C22H16F3N3O2S. The van der Waals surface area contributed by atoms with Crippen molar-refractivity contribution in [1.29, 1.82) is 0 Å². The lowest BCUT2D eigenvalue weighted by molar-refractivity contribution is -0.141. The molecule has 0 amide bonds. The topological polar surface area (TPSA) is 67.2 Å². The molecule has 0 radical (unpaired) electrons. The molecule has 9 heteroatoms. The highest BCUT2D eigenvalue weighted by Gasteiger charge is 2.35. The minimum Gasteiger partial charge on any atom is -0.289 e. The van der Waals surface area contributed by atoms with E-state index in [-0.39, 0.29) is 5.69 Å². The summed E-state index contributed by atoms with van der Waals surface area (Å²) >= 11 is -2.25. The van der Waals surface area contributed by atoms with Gasteiger partial charge < -0.3 is 0 Å². The second-order valence-corrected chi connectivity index (χ2v) is 7.37. The Kier molecular flexibility index (Phi) is 5.62. The van der Waals surface area contributed by atoms with Crippen molar-refractivity contribution in [3.05, 3.63) is 90.6 Å². The second-order valence-electron chi connectivity index (χ2n) is 6.67. The molecule has 5 nitrogen and oxygen atoms in total. The van der Waals surface area contributed by atoms with Gasteiger partial charge >= 0.3 is 6.18 Å². The van der Waals surface area contributed by atoms with Gasteiger partial charge in [-0.05, 0) is 41.5 Å². The number of halogens is 3. The minimum absolute atomic E-state index is 0.276. The average Bonchev–Trinajstić information content (AvgIpc) is 3.21. The molecule has 1 atom stereocenters. The molecule has 1 aromatic heterocycles. The Morgan fingerprint density at radius 3 is 2.00 bits per heavy atom. The predicted octanol–water partition coefficient (Wildman–Crippen LogP) is 5.77. The molecule has 0 aliphatic carbocycles. The van der Waals surface area contributed by atoms with E-state index in [9.17, 15) is 17.4 Å². The lowest BCUT2D eigenvalue weighted by Crippen LogP contribution is -2.07. The fourth-order valence-corrected chi connectivity index (χ4v) is 3.50. The van der Waals surface area contributed by atoms with Crippen molar-refractivity contribution in [2.24, 2.45) is 0 Å². The van der Waals surface area contributed by atoms with Crippen LogP contribution in [0.4, 0.5) is 18.9 Å². The molecular weight excluding hydrogens is 427 g/mol. The van der Waals surface area contributed by atoms with E-state index < -0.39 is 23.1 Å². The molecule has 0 aliphatic heterocycles. The molecule has 158 valence electrons. The van der Waals surface area contributed by atoms with E-state index in [1.54, 1.807) is 12.1 Å². The standard InChI is InChI=1S/C22H16F3N3O2S/c23-22(24,25)21-14-20(17-8-6-16(7-9-17)15-4-2-1-3-5-15)28(26-21)19-12-10-18(11-13-19)27-31(29)30/h1-14,27H,(H,29,30). The van der Waals surface area contributed by atoms with Crippen LogP contribution in [-0.2, 0) is 17.4 Å². The Bertz CT molecular complexity index is 1210. The second kappa shape index (κ2) is 8.37. The zero-order valence-electron chi connectivity index (χ0n) is 15.9. The minimum atomic E-state index is -4.60. The highest BCUT2D eigenvalue weighted by atomic mass is 32.2. The molecule has 0 saturated carbocycles. The number of alkyl halides is 3. The number of hydrogen-bond donors (Lipinski definition) is 2. The summed E-state index contributed by atoms with van der Waals surface area (Å²) in [5, 5.41) is 3.76. The third kappa shape index (κ3) is 4.68. The molecule has 4 rings (SSSR count). The molecule has 0 bridgehead atoms. The van der Waals surface area contributed by atoms with E-state index in [1.807, 2.05) is 42.5 Å². The van der Waals surface area contributed by atoms with Gasteiger partial charge in [-0.2, -0.15) is 18.3 Å². The van der Waals surface area contributed by atoms with E-state index in [4.69, 9.17) is 4.55 Å². The monoisotopic (exact) mass is 443 g/mol. The van der Waals surface area contributed by atoms with Gasteiger partial charge in [0.05, 0.1) is 11.4 Å². The molecule has 4 aromatic rings. The lowest BCUT2D eigenvalue weighted by atomic mass is 10.0. The number of anilines is 1. The molecule has 3 aromatic carbocycles. The lowest BCUT2D eigenvalue weighted by Gasteiger charge is -2.10. The van der Waals surface area contributed by atoms with Crippen molar-refractivity contribution in [2.45, 2.75) is 6.18 Å². The van der Waals surface area contributed by atoms with Crippen LogP contribution in [-0.4, -0.2) is 18.5 Å². The van der Waals surface area contributed by atoms with Gasteiger partial charge in [0, 0.05) is 11.3 Å². The summed E-state index contributed by atoms with van der Waals surface area (Å²) in [5.41, 5.74) is 2.52. The van der Waals surface area contributed by atoms with E-state index in [1.165, 1.54) is 28.9 Å². The molecule has 2 N–H and O–H groups in total. The van der Waals surface area contributed by atoms with E-state index in [2.05, 4.69) is 9.82 Å². The van der Waals surface area contributed by atoms with Crippen LogP contribution in [0.5, 0.6) is 0 Å². The normalized spacial score (nSPS) is 12.5. The third-order valence-electron chi connectivity index (χ3n) is 4.60. The predicted molar refractivity (Wildman–Crippen MR) is 114 cm³/mol. The summed E-state index contributed by atoms with van der Waals surface area (Å²) in [6, 6.07) is 23.9. The third-order valence-corrected chi connectivity index (χ3v) is 5.01. The molecule has 0 spiro atoms. The van der Waals surface area contributed by atoms with Crippen LogP contribution in [0.15, 0.2) is 84.9 Å². The summed E-state index contributed by atoms with van der Waals surface area (Å²) in [5.74, 6) is 0. The molecule has 0 fully saturated rings. The number of hydrogen-bond acceptors (Lipinski definition) is 2. The van der Waals surface area contributed by atoms with Gasteiger partial charge in [0.25, 0.3) is 11.3 Å². The van der Waals surface area contributed by atoms with Crippen molar-refractivity contribution >= 4 is 17.0 Å². The molecule has 31 heavy (non-hydrogen) atoms. The Labute approximate surface area is 178 Å². The van der Waals surface area contributed by atoms with Gasteiger partial charge in [-0.1, -0.05) is 54.6 Å². The first-order valence-electron chi connectivity index (χ1n) is 9.12. The van der Waals surface area contributed by atoms with Crippen LogP contribution in [0, 0.1) is 0 Å². The fraction of sp³-hybridized carbons (Fsp3) is 0.0455. The zero-order chi connectivity index (χ0) is 22.0. The quantitative estimate of drug-likeness (QED) is 0.385. The SMILES string of the molecule is O=S(O)Nc1ccc(-n2nc(C(F)(F)F)cc2-c2ccc(-c3ccccc3)cc2)cc1. The van der Waals surface area contributed by atoms with Crippen molar-refractivity contribution in [3.8, 4) is 28.1 Å². The van der Waals surface area contributed by atoms with Crippen molar-refractivity contribution < 1.29 is 21.9 Å². The first kappa shape index (κ1) is 20.8. The number of nitrogens with zero attached hydrogens (tertiary/aromatic N) is 2. The molecule has 0 saturated heterocycles. The maximum Gasteiger partial charge on any atom is 0.435 e. The Morgan fingerprint density at radius 1 is 0.839 bits per heavy atom. The van der Waals surface area contributed by atoms with Crippen LogP contribution >= 0.6 is 0 Å². The zero-order valence-corrected chi connectivity index (χ0v) is 16.7. The van der Waals surface area contributed by atoms with Crippen LogP contribution in [0.2, 0.25) is 0 Å². The number of benzene rings is 3. The maximum absolute atomic E-state index is 13.4. The van der Waals surface area contributed by atoms with Crippen LogP contribution in [0.25, 0.3) is 28.1 Å². The Morgan fingerprint density at radius 2 is 1.42 bits per heavy atom. The largest absolute Gasteiger partial charge is 0.435 e. The maximum atomic E-state index is 13.4. The highest BCUT2D eigenvalue weighted by Crippen LogP contribution is 2.34. The first-order valence-corrected chi connectivity index (χ1v) is 10.2. The van der Waals surface area contributed by atoms with Gasteiger partial charge in [0.1, 0.15) is 0 Å². The van der Waals surface area contributed by atoms with Gasteiger partial charge in [-0.3, -0.25) is 9.27 Å². The summed E-state index contributed by atoms with van der Waals surface area (Å²) in [6.45, 7) is 0. The first-order chi connectivity index (χ1) is 14.8. The fourth-order valence-electron chi connectivity index (χ4n) is 3.16. The van der Waals surface area contributed by atoms with Gasteiger partial charge in [0.2, 0.25) is 0 Å². The van der Waals surface area contributed by atoms with Crippen LogP contribution < -0.4 is 4.72 Å². The van der Waals surface area contributed by atoms with E-state index in [0.29, 0.717) is 16.9 Å². The van der Waals surface area contributed by atoms with Crippen molar-refractivity contribution in [1.82, 2.24) is 9.78 Å². The molecule has 0 aliphatic rings. The summed E-state index contributed by atoms with van der Waals surface area (Å²) < 4.78 is 63.3. The van der Waals surface area contributed by atoms with Crippen molar-refractivity contribution in [2.75, 3.05) is 4.72 Å². The van der Waals surface area contributed by atoms with Crippen LogP contribution in [0.1, 0.15) is 5.69 Å². The van der Waals surface area contributed by atoms with Gasteiger partial charge in [-0.15, -0.1) is 0 Å². The summed E-state index contributed by atoms with van der Waals surface area (Å²) in [4.78, 5) is 0. The van der Waals surface area contributed by atoms with E-state index in [0.717, 1.165) is 17.2 Å². The van der Waals surface area contributed by atoms with Gasteiger partial charge in [0.15, 0.2) is 5.69 Å². The number of aromatic nitrogens is 2. The Hall–Kier alpha value is -3.43. The summed E-state index contributed by atoms with van der Waals surface area (Å²) in [7, 11) is 0. The highest BCUT2D eigenvalue weighted by molar-refractivity contribution is 7.80. The average molecular weight is 443 g/mol. The smallest absolute Gasteiger partial charge is 0.289 e. The van der Waals surface area contributed by atoms with Crippen LogP contribution in [0.3, 0.4) is 0 Å². The summed E-state index contributed by atoms with van der Waals surface area (Å²) in [6.07, 6.45) is -4.60. The number of rotatable bonds is 5.